The molecule has 0 aliphatic heterocycles. The quantitative estimate of drug-likeness (QED) is 0.375. The number of unbranched alkanes of at least 4 members (excludes halogenated alkanes) is 2. The molecule has 0 atom stereocenters. The second-order valence-electron chi connectivity index (χ2n) is 5.71. The van der Waals surface area contributed by atoms with Crippen LogP contribution in [0.1, 0.15) is 43.7 Å². The predicted molar refractivity (Wildman–Crippen MR) is 102 cm³/mol. The van der Waals surface area contributed by atoms with E-state index in [9.17, 15) is 0 Å². The van der Waals surface area contributed by atoms with Gasteiger partial charge in [-0.05, 0) is 41.8 Å². The number of hydrogen-bond donors (Lipinski definition) is 0. The van der Waals surface area contributed by atoms with E-state index >= 15 is 0 Å². The summed E-state index contributed by atoms with van der Waals surface area (Å²) in [6.07, 6.45) is 7.64. The van der Waals surface area contributed by atoms with Crippen LogP contribution in [0.25, 0.3) is 12.2 Å². The van der Waals surface area contributed by atoms with Crippen LogP contribution in [0.2, 0.25) is 0 Å². The zero-order chi connectivity index (χ0) is 17.2. The van der Waals surface area contributed by atoms with E-state index in [-0.39, 0.29) is 6.29 Å². The molecule has 0 amide bonds. The zero-order valence-corrected chi connectivity index (χ0v) is 14.4. The van der Waals surface area contributed by atoms with Crippen molar-refractivity contribution in [3.63, 3.8) is 0 Å². The maximum Gasteiger partial charge on any atom is 0.241 e. The molecule has 0 saturated carbocycles. The molecule has 2 heteroatoms. The monoisotopic (exact) mass is 322 g/mol. The molecule has 2 aromatic carbocycles. The molecule has 2 nitrogen and oxygen atoms in total. The van der Waals surface area contributed by atoms with Crippen LogP contribution in [0, 0.1) is 0 Å². The molecule has 0 N–H and O–H groups in total. The number of rotatable bonds is 10. The average Bonchev–Trinajstić information content (AvgIpc) is 2.63. The Hall–Kier alpha value is -2.48. The summed E-state index contributed by atoms with van der Waals surface area (Å²) in [7, 11) is 0. The van der Waals surface area contributed by atoms with E-state index in [1.54, 1.807) is 0 Å². The summed E-state index contributed by atoms with van der Waals surface area (Å²) in [5, 5.41) is 0. The van der Waals surface area contributed by atoms with Gasteiger partial charge in [-0.1, -0.05) is 69.3 Å². The van der Waals surface area contributed by atoms with E-state index in [1.807, 2.05) is 60.7 Å². The first-order valence-electron chi connectivity index (χ1n) is 8.53. The summed E-state index contributed by atoms with van der Waals surface area (Å²) >= 11 is 0. The van der Waals surface area contributed by atoms with Crippen molar-refractivity contribution in [3.8, 4) is 11.5 Å². The minimum Gasteiger partial charge on any atom is -0.455 e. The Kier molecular flexibility index (Phi) is 7.16. The van der Waals surface area contributed by atoms with Gasteiger partial charge in [0.05, 0.1) is 0 Å². The molecule has 0 fully saturated rings. The second-order valence-corrected chi connectivity index (χ2v) is 5.71. The molecule has 0 radical (unpaired) electrons. The summed E-state index contributed by atoms with van der Waals surface area (Å²) in [5.41, 5.74) is 2.15. The highest BCUT2D eigenvalue weighted by Crippen LogP contribution is 2.21. The first-order valence-corrected chi connectivity index (χ1v) is 8.53. The molecule has 2 aromatic rings. The molecule has 0 heterocycles. The lowest BCUT2D eigenvalue weighted by atomic mass is 10.2. The van der Waals surface area contributed by atoms with Crippen LogP contribution < -0.4 is 9.47 Å². The van der Waals surface area contributed by atoms with Crippen molar-refractivity contribution in [2.75, 3.05) is 0 Å². The predicted octanol–water partition coefficient (Wildman–Crippen LogP) is 6.34. The Morgan fingerprint density at radius 3 is 1.62 bits per heavy atom. The third-order valence-corrected chi connectivity index (χ3v) is 3.81. The highest BCUT2D eigenvalue weighted by Gasteiger charge is 2.12. The van der Waals surface area contributed by atoms with Gasteiger partial charge in [-0.2, -0.15) is 0 Å². The smallest absolute Gasteiger partial charge is 0.241 e. The SMILES string of the molecule is C=Cc1ccc(OC(CCCCC)Oc2ccc(C=C)cc2)cc1. The van der Waals surface area contributed by atoms with Gasteiger partial charge in [0.2, 0.25) is 6.29 Å². The Morgan fingerprint density at radius 1 is 0.792 bits per heavy atom. The highest BCUT2D eigenvalue weighted by atomic mass is 16.7. The lowest BCUT2D eigenvalue weighted by Gasteiger charge is -2.21. The fourth-order valence-corrected chi connectivity index (χ4v) is 2.37. The van der Waals surface area contributed by atoms with Crippen LogP contribution in [0.3, 0.4) is 0 Å². The minimum atomic E-state index is -0.291. The van der Waals surface area contributed by atoms with Crippen LogP contribution in [0.4, 0.5) is 0 Å². The third kappa shape index (κ3) is 5.62. The summed E-state index contributed by atoms with van der Waals surface area (Å²) in [6, 6.07) is 15.8. The molecule has 0 spiro atoms. The van der Waals surface area contributed by atoms with E-state index in [0.717, 1.165) is 35.5 Å². The maximum atomic E-state index is 6.04. The molecule has 0 aromatic heterocycles. The first-order chi connectivity index (χ1) is 11.7. The molecule has 2 rings (SSSR count). The van der Waals surface area contributed by atoms with Gasteiger partial charge in [0.15, 0.2) is 0 Å². The van der Waals surface area contributed by atoms with Crippen LogP contribution >= 0.6 is 0 Å². The van der Waals surface area contributed by atoms with Gasteiger partial charge < -0.3 is 9.47 Å². The molecular formula is C22H26O2. The fourth-order valence-electron chi connectivity index (χ4n) is 2.37. The summed E-state index contributed by atoms with van der Waals surface area (Å²) in [5.74, 6) is 1.62. The van der Waals surface area contributed by atoms with Gasteiger partial charge in [0, 0.05) is 6.42 Å². The van der Waals surface area contributed by atoms with E-state index in [4.69, 9.17) is 9.47 Å². The lowest BCUT2D eigenvalue weighted by molar-refractivity contribution is -0.00237. The van der Waals surface area contributed by atoms with Crippen LogP contribution in [-0.4, -0.2) is 6.29 Å². The van der Waals surface area contributed by atoms with Gasteiger partial charge in [0.25, 0.3) is 0 Å². The molecule has 0 aliphatic rings. The number of ether oxygens (including phenoxy) is 2. The van der Waals surface area contributed by atoms with Gasteiger partial charge in [0.1, 0.15) is 11.5 Å². The Balaban J connectivity index is 2.04. The number of hydrogen-bond acceptors (Lipinski definition) is 2. The number of benzene rings is 2. The Morgan fingerprint density at radius 2 is 1.25 bits per heavy atom. The van der Waals surface area contributed by atoms with Crippen molar-refractivity contribution in [3.05, 3.63) is 72.8 Å². The van der Waals surface area contributed by atoms with Gasteiger partial charge in [-0.15, -0.1) is 0 Å². The van der Waals surface area contributed by atoms with E-state index in [0.29, 0.717) is 0 Å². The van der Waals surface area contributed by atoms with E-state index in [1.165, 1.54) is 12.8 Å². The molecular weight excluding hydrogens is 296 g/mol. The molecule has 126 valence electrons. The van der Waals surface area contributed by atoms with Crippen LogP contribution in [-0.2, 0) is 0 Å². The first kappa shape index (κ1) is 17.9. The standard InChI is InChI=1S/C22H26O2/c1-4-7-8-9-22(23-20-14-10-18(5-2)11-15-20)24-21-16-12-19(6-3)13-17-21/h5-6,10-17,22H,2-4,7-9H2,1H3. The Bertz CT molecular complexity index is 573. The van der Waals surface area contributed by atoms with Crippen molar-refractivity contribution in [2.45, 2.75) is 38.9 Å². The average molecular weight is 322 g/mol. The van der Waals surface area contributed by atoms with E-state index < -0.39 is 0 Å². The molecule has 0 aliphatic carbocycles. The summed E-state index contributed by atoms with van der Waals surface area (Å²) in [4.78, 5) is 0. The van der Waals surface area contributed by atoms with Crippen molar-refractivity contribution in [2.24, 2.45) is 0 Å². The fraction of sp³-hybridized carbons (Fsp3) is 0.273. The van der Waals surface area contributed by atoms with Crippen molar-refractivity contribution < 1.29 is 9.47 Å². The van der Waals surface area contributed by atoms with Crippen molar-refractivity contribution in [1.82, 2.24) is 0 Å². The second kappa shape index (κ2) is 9.61. The van der Waals surface area contributed by atoms with Gasteiger partial charge in [-0.3, -0.25) is 0 Å². The van der Waals surface area contributed by atoms with Crippen LogP contribution in [0.15, 0.2) is 61.7 Å². The zero-order valence-electron chi connectivity index (χ0n) is 14.4. The Labute approximate surface area is 145 Å². The topological polar surface area (TPSA) is 18.5 Å². The normalized spacial score (nSPS) is 10.4. The van der Waals surface area contributed by atoms with Gasteiger partial charge in [-0.25, -0.2) is 0 Å². The molecule has 24 heavy (non-hydrogen) atoms. The van der Waals surface area contributed by atoms with Crippen LogP contribution in [0.5, 0.6) is 11.5 Å². The lowest BCUT2D eigenvalue weighted by Crippen LogP contribution is -2.24. The maximum absolute atomic E-state index is 6.04. The summed E-state index contributed by atoms with van der Waals surface area (Å²) < 4.78 is 12.1. The molecule has 0 bridgehead atoms. The third-order valence-electron chi connectivity index (χ3n) is 3.81. The van der Waals surface area contributed by atoms with E-state index in [2.05, 4.69) is 20.1 Å². The highest BCUT2D eigenvalue weighted by molar-refractivity contribution is 5.49. The molecule has 0 unspecified atom stereocenters. The van der Waals surface area contributed by atoms with Crippen molar-refractivity contribution in [1.29, 1.82) is 0 Å². The van der Waals surface area contributed by atoms with Gasteiger partial charge >= 0.3 is 0 Å². The summed E-state index contributed by atoms with van der Waals surface area (Å²) in [6.45, 7) is 9.73. The minimum absolute atomic E-state index is 0.291. The van der Waals surface area contributed by atoms with Crippen molar-refractivity contribution >= 4 is 12.2 Å². The molecule has 0 saturated heterocycles. The largest absolute Gasteiger partial charge is 0.455 e.